The molecular formula is C26H35F2N3O4. The van der Waals surface area contributed by atoms with Crippen molar-refractivity contribution in [2.24, 2.45) is 0 Å². The van der Waals surface area contributed by atoms with Crippen molar-refractivity contribution in [2.45, 2.75) is 94.0 Å². The first-order valence-corrected chi connectivity index (χ1v) is 13.0. The second-order valence-electron chi connectivity index (χ2n) is 10.4. The number of rotatable bonds is 1. The van der Waals surface area contributed by atoms with Gasteiger partial charge < -0.3 is 20.1 Å². The zero-order valence-corrected chi connectivity index (χ0v) is 20.0. The summed E-state index contributed by atoms with van der Waals surface area (Å²) in [7, 11) is 0. The van der Waals surface area contributed by atoms with Crippen molar-refractivity contribution in [2.75, 3.05) is 19.7 Å². The van der Waals surface area contributed by atoms with Crippen LogP contribution in [0.25, 0.3) is 0 Å². The van der Waals surface area contributed by atoms with Crippen LogP contribution in [0.3, 0.4) is 0 Å². The summed E-state index contributed by atoms with van der Waals surface area (Å²) in [5.74, 6) is -2.46. The van der Waals surface area contributed by atoms with Crippen LogP contribution in [-0.4, -0.2) is 72.7 Å². The van der Waals surface area contributed by atoms with Gasteiger partial charge in [-0.1, -0.05) is 12.1 Å². The third-order valence-corrected chi connectivity index (χ3v) is 7.90. The van der Waals surface area contributed by atoms with Crippen molar-refractivity contribution < 1.29 is 27.8 Å². The van der Waals surface area contributed by atoms with E-state index in [2.05, 4.69) is 10.6 Å². The molecule has 4 aliphatic rings. The van der Waals surface area contributed by atoms with E-state index in [4.69, 9.17) is 9.47 Å². The third kappa shape index (κ3) is 5.77. The number of hydrogen-bond donors (Lipinski definition) is 2. The molecule has 5 rings (SSSR count). The second-order valence-corrected chi connectivity index (χ2v) is 10.4. The van der Waals surface area contributed by atoms with E-state index >= 15 is 0 Å². The average molecular weight is 492 g/mol. The van der Waals surface area contributed by atoms with Crippen LogP contribution in [0.4, 0.5) is 8.78 Å². The number of halogens is 2. The van der Waals surface area contributed by atoms with Gasteiger partial charge in [0, 0.05) is 44.4 Å². The molecule has 2 N–H and O–H groups in total. The largest absolute Gasteiger partial charge is 0.493 e. The smallest absolute Gasteiger partial charge is 0.255 e. The van der Waals surface area contributed by atoms with Gasteiger partial charge in [0.1, 0.15) is 5.75 Å². The van der Waals surface area contributed by atoms with E-state index in [1.54, 1.807) is 18.2 Å². The maximum Gasteiger partial charge on any atom is 0.255 e. The lowest BCUT2D eigenvalue weighted by Gasteiger charge is -2.37. The second kappa shape index (κ2) is 10.4. The van der Waals surface area contributed by atoms with Gasteiger partial charge in [0.15, 0.2) is 0 Å². The predicted molar refractivity (Wildman–Crippen MR) is 126 cm³/mol. The molecule has 3 aliphatic heterocycles. The molecule has 1 saturated carbocycles. The summed E-state index contributed by atoms with van der Waals surface area (Å²) in [6.45, 7) is 1.34. The molecule has 9 heteroatoms. The van der Waals surface area contributed by atoms with Gasteiger partial charge in [-0.05, 0) is 50.7 Å². The molecule has 4 bridgehead atoms. The first-order chi connectivity index (χ1) is 16.9. The molecule has 2 saturated heterocycles. The number of likely N-dealkylation sites (tertiary alicyclic amines) is 1. The molecule has 0 radical (unpaired) electrons. The van der Waals surface area contributed by atoms with Gasteiger partial charge in [-0.25, -0.2) is 8.78 Å². The van der Waals surface area contributed by atoms with Crippen molar-refractivity contribution in [1.29, 1.82) is 0 Å². The molecular weight excluding hydrogens is 456 g/mol. The maximum atomic E-state index is 13.8. The quantitative estimate of drug-likeness (QED) is 0.631. The van der Waals surface area contributed by atoms with Gasteiger partial charge in [0.05, 0.1) is 30.4 Å². The summed E-state index contributed by atoms with van der Waals surface area (Å²) in [4.78, 5) is 28.5. The van der Waals surface area contributed by atoms with Crippen molar-refractivity contribution in [3.05, 3.63) is 29.8 Å². The van der Waals surface area contributed by atoms with Gasteiger partial charge in [-0.2, -0.15) is 0 Å². The lowest BCUT2D eigenvalue weighted by molar-refractivity contribution is -0.128. The van der Waals surface area contributed by atoms with Crippen LogP contribution in [0.15, 0.2) is 24.3 Å². The molecule has 7 nitrogen and oxygen atoms in total. The molecule has 1 aliphatic carbocycles. The van der Waals surface area contributed by atoms with E-state index in [0.717, 1.165) is 19.3 Å². The number of alkyl halides is 2. The predicted octanol–water partition coefficient (Wildman–Crippen LogP) is 3.27. The highest BCUT2D eigenvalue weighted by molar-refractivity contribution is 5.97. The highest BCUT2D eigenvalue weighted by atomic mass is 19.3. The molecule has 3 fully saturated rings. The Balaban J connectivity index is 1.37. The SMILES string of the molecule is O=C1N[C@H]2C[C@@H](C(=O)NC[C@@H]3CCC[C@@H](CCOc4ccccc41)O3)N(C1CCC(F)(F)CC1)C2. The van der Waals surface area contributed by atoms with E-state index in [9.17, 15) is 18.4 Å². The molecule has 1 aromatic carbocycles. The van der Waals surface area contributed by atoms with Crippen molar-refractivity contribution in [3.8, 4) is 5.75 Å². The van der Waals surface area contributed by atoms with E-state index in [0.29, 0.717) is 56.7 Å². The Kier molecular flexibility index (Phi) is 7.25. The Labute approximate surface area is 204 Å². The summed E-state index contributed by atoms with van der Waals surface area (Å²) < 4.78 is 39.8. The summed E-state index contributed by atoms with van der Waals surface area (Å²) in [6, 6.07) is 6.36. The minimum Gasteiger partial charge on any atom is -0.493 e. The molecule has 4 atom stereocenters. The minimum absolute atomic E-state index is 0.0448. The van der Waals surface area contributed by atoms with Crippen LogP contribution in [-0.2, 0) is 9.53 Å². The lowest BCUT2D eigenvalue weighted by Crippen LogP contribution is -2.51. The summed E-state index contributed by atoms with van der Waals surface area (Å²) in [6.07, 6.45) is 4.40. The van der Waals surface area contributed by atoms with Crippen molar-refractivity contribution >= 4 is 11.8 Å². The van der Waals surface area contributed by atoms with Crippen LogP contribution in [0.5, 0.6) is 5.75 Å². The van der Waals surface area contributed by atoms with E-state index in [-0.39, 0.29) is 48.9 Å². The van der Waals surface area contributed by atoms with Gasteiger partial charge >= 0.3 is 0 Å². The fraction of sp³-hybridized carbons (Fsp3) is 0.692. The summed E-state index contributed by atoms with van der Waals surface area (Å²) in [5, 5.41) is 6.14. The van der Waals surface area contributed by atoms with Gasteiger partial charge in [-0.3, -0.25) is 14.5 Å². The van der Waals surface area contributed by atoms with Gasteiger partial charge in [-0.15, -0.1) is 0 Å². The normalized spacial score (nSPS) is 32.7. The fourth-order valence-electron chi connectivity index (χ4n) is 6.00. The van der Waals surface area contributed by atoms with E-state index in [1.807, 2.05) is 11.0 Å². The highest BCUT2D eigenvalue weighted by Crippen LogP contribution is 2.37. The number of hydrogen-bond acceptors (Lipinski definition) is 5. The Hall–Kier alpha value is -2.26. The molecule has 0 aromatic heterocycles. The molecule has 35 heavy (non-hydrogen) atoms. The van der Waals surface area contributed by atoms with E-state index < -0.39 is 12.0 Å². The number of ether oxygens (including phenoxy) is 2. The third-order valence-electron chi connectivity index (χ3n) is 7.90. The van der Waals surface area contributed by atoms with Crippen LogP contribution in [0.1, 0.15) is 68.1 Å². The first kappa shape index (κ1) is 24.4. The topological polar surface area (TPSA) is 79.9 Å². The molecule has 1 aromatic rings. The van der Waals surface area contributed by atoms with Gasteiger partial charge in [0.25, 0.3) is 5.91 Å². The zero-order valence-electron chi connectivity index (χ0n) is 20.0. The number of nitrogens with one attached hydrogen (secondary N) is 2. The number of fused-ring (bicyclic) bond motifs is 5. The van der Waals surface area contributed by atoms with Crippen LogP contribution >= 0.6 is 0 Å². The summed E-state index contributed by atoms with van der Waals surface area (Å²) >= 11 is 0. The molecule has 0 spiro atoms. The lowest BCUT2D eigenvalue weighted by atomic mass is 9.90. The Bertz CT molecular complexity index is 920. The molecule has 0 unspecified atom stereocenters. The number of benzene rings is 1. The maximum absolute atomic E-state index is 13.8. The van der Waals surface area contributed by atoms with Crippen LogP contribution < -0.4 is 15.4 Å². The Morgan fingerprint density at radius 3 is 2.60 bits per heavy atom. The first-order valence-electron chi connectivity index (χ1n) is 13.0. The number of nitrogens with zero attached hydrogens (tertiary/aromatic N) is 1. The minimum atomic E-state index is -2.63. The highest BCUT2D eigenvalue weighted by Gasteiger charge is 2.45. The Morgan fingerprint density at radius 1 is 1.00 bits per heavy atom. The number of para-hydroxylation sites is 1. The number of carbonyl (C=O) groups is 2. The van der Waals surface area contributed by atoms with Gasteiger partial charge in [0.2, 0.25) is 11.8 Å². The monoisotopic (exact) mass is 491 g/mol. The average Bonchev–Trinajstić information content (AvgIpc) is 3.26. The van der Waals surface area contributed by atoms with Crippen LogP contribution in [0, 0.1) is 0 Å². The van der Waals surface area contributed by atoms with Crippen molar-refractivity contribution in [1.82, 2.24) is 15.5 Å². The number of amides is 2. The fourth-order valence-corrected chi connectivity index (χ4v) is 6.00. The standard InChI is InChI=1S/C26H35F2N3O4/c27-26(28)11-8-18(9-12-26)31-16-17-14-22(31)25(33)29-15-20-5-3-4-19(35-20)10-13-34-23-7-2-1-6-21(23)24(32)30-17/h1-2,6-7,17-20,22H,3-5,8-16H2,(H,29,33)(H,30,32)/t17-,19-,20-,22-/m0/s1. The molecule has 192 valence electrons. The van der Waals surface area contributed by atoms with E-state index in [1.165, 1.54) is 0 Å². The van der Waals surface area contributed by atoms with Crippen molar-refractivity contribution in [3.63, 3.8) is 0 Å². The Morgan fingerprint density at radius 2 is 1.77 bits per heavy atom. The van der Waals surface area contributed by atoms with Crippen LogP contribution in [0.2, 0.25) is 0 Å². The number of carbonyl (C=O) groups excluding carboxylic acids is 2. The molecule has 2 amide bonds. The summed E-state index contributed by atoms with van der Waals surface area (Å²) in [5.41, 5.74) is 0.457. The zero-order chi connectivity index (χ0) is 24.4. The molecule has 3 heterocycles.